The van der Waals surface area contributed by atoms with Crippen LogP contribution in [0.4, 0.5) is 5.69 Å². The smallest absolute Gasteiger partial charge is 0.247 e. The number of carbonyl (C=O) groups excluding carboxylic acids is 2. The molecule has 0 unspecified atom stereocenters. The van der Waals surface area contributed by atoms with Crippen molar-refractivity contribution in [2.45, 2.75) is 17.4 Å². The number of anilines is 1. The number of amides is 2. The predicted octanol–water partition coefficient (Wildman–Crippen LogP) is 2.34. The number of benzene rings is 3. The second kappa shape index (κ2) is 11.8. The first kappa shape index (κ1) is 26.7. The summed E-state index contributed by atoms with van der Waals surface area (Å²) in [6.07, 6.45) is 4.46. The molecule has 0 aliphatic carbocycles. The second-order valence-electron chi connectivity index (χ2n) is 8.10. The number of rotatable bonds is 9. The van der Waals surface area contributed by atoms with Gasteiger partial charge in [-0.2, -0.15) is 4.68 Å². The zero-order chi connectivity index (χ0) is 27.1. The number of primary sulfonamides is 1. The summed E-state index contributed by atoms with van der Waals surface area (Å²) in [6, 6.07) is 18.7. The van der Waals surface area contributed by atoms with Gasteiger partial charge >= 0.3 is 0 Å². The zero-order valence-corrected chi connectivity index (χ0v) is 21.3. The summed E-state index contributed by atoms with van der Waals surface area (Å²) in [5.41, 5.74) is 2.36. The number of aromatic nitrogens is 4. The molecule has 0 radical (unpaired) electrons. The number of sulfonamides is 1. The molecule has 0 aliphatic rings. The lowest BCUT2D eigenvalue weighted by Gasteiger charge is -2.18. The molecule has 1 aromatic heterocycles. The molecule has 4 aromatic rings. The number of carbonyl (C=O) groups is 2. The Morgan fingerprint density at radius 3 is 2.45 bits per heavy atom. The van der Waals surface area contributed by atoms with Crippen molar-refractivity contribution in [1.82, 2.24) is 25.5 Å². The summed E-state index contributed by atoms with van der Waals surface area (Å²) >= 11 is 6.13. The topological polar surface area (TPSA) is 162 Å². The van der Waals surface area contributed by atoms with Crippen LogP contribution in [-0.2, 0) is 26.0 Å². The molecule has 13 heteroatoms. The predicted molar refractivity (Wildman–Crippen MR) is 142 cm³/mol. The quantitative estimate of drug-likeness (QED) is 0.269. The van der Waals surface area contributed by atoms with Gasteiger partial charge in [0.25, 0.3) is 0 Å². The van der Waals surface area contributed by atoms with Gasteiger partial charge in [-0.05, 0) is 64.5 Å². The normalized spacial score (nSPS) is 12.3. The monoisotopic (exact) mass is 551 g/mol. The molecule has 0 aliphatic heterocycles. The minimum Gasteiger partial charge on any atom is -0.340 e. The number of hydrogen-bond acceptors (Lipinski definition) is 7. The highest BCUT2D eigenvalue weighted by molar-refractivity contribution is 7.89. The number of tetrazole rings is 1. The van der Waals surface area contributed by atoms with Crippen molar-refractivity contribution in [3.8, 4) is 5.69 Å². The van der Waals surface area contributed by atoms with Crippen molar-refractivity contribution in [3.63, 3.8) is 0 Å². The minimum atomic E-state index is -3.87. The van der Waals surface area contributed by atoms with E-state index in [1.807, 2.05) is 30.3 Å². The van der Waals surface area contributed by atoms with Crippen molar-refractivity contribution < 1.29 is 18.0 Å². The fraction of sp³-hybridized carbons (Fsp3) is 0.0800. The van der Waals surface area contributed by atoms with E-state index in [1.54, 1.807) is 24.3 Å². The van der Waals surface area contributed by atoms with Crippen LogP contribution in [0, 0.1) is 0 Å². The van der Waals surface area contributed by atoms with Crippen LogP contribution in [0.15, 0.2) is 90.1 Å². The van der Waals surface area contributed by atoms with Gasteiger partial charge in [-0.15, -0.1) is 5.10 Å². The summed E-state index contributed by atoms with van der Waals surface area (Å²) in [4.78, 5) is 25.9. The van der Waals surface area contributed by atoms with Gasteiger partial charge in [-0.25, -0.2) is 13.6 Å². The molecule has 1 atom stereocenters. The van der Waals surface area contributed by atoms with Gasteiger partial charge in [0.2, 0.25) is 21.8 Å². The van der Waals surface area contributed by atoms with Gasteiger partial charge in [-0.1, -0.05) is 41.9 Å². The molecule has 0 saturated heterocycles. The van der Waals surface area contributed by atoms with E-state index in [-0.39, 0.29) is 11.3 Å². The Morgan fingerprint density at radius 2 is 1.79 bits per heavy atom. The van der Waals surface area contributed by atoms with Crippen LogP contribution in [0.3, 0.4) is 0 Å². The van der Waals surface area contributed by atoms with E-state index in [4.69, 9.17) is 16.7 Å². The molecule has 4 rings (SSSR count). The third kappa shape index (κ3) is 7.09. The lowest BCUT2D eigenvalue weighted by Crippen LogP contribution is -2.44. The maximum Gasteiger partial charge on any atom is 0.247 e. The first-order valence-corrected chi connectivity index (χ1v) is 13.1. The molecule has 3 aromatic carbocycles. The van der Waals surface area contributed by atoms with Crippen molar-refractivity contribution in [2.75, 3.05) is 5.32 Å². The Labute approximate surface area is 223 Å². The van der Waals surface area contributed by atoms with E-state index in [1.165, 1.54) is 41.4 Å². The first-order chi connectivity index (χ1) is 18.2. The Morgan fingerprint density at radius 1 is 1.05 bits per heavy atom. The standard InChI is InChI=1S/C25H22ClN7O4S/c26-19-7-12-23(33-16-28-31-32-33)18(15-19)6-13-24(34)30-22(14-17-4-2-1-3-5-17)25(35)29-20-8-10-21(11-9-20)38(27,36)37/h1-13,15-16,22H,14H2,(H,29,35)(H,30,34)(H2,27,36,37)/b13-6+/t22-/m0/s1. The Balaban J connectivity index is 1.52. The molecular weight excluding hydrogens is 530 g/mol. The van der Waals surface area contributed by atoms with Gasteiger partial charge in [0.05, 0.1) is 10.6 Å². The van der Waals surface area contributed by atoms with Crippen LogP contribution in [0.5, 0.6) is 0 Å². The van der Waals surface area contributed by atoms with E-state index in [9.17, 15) is 18.0 Å². The third-order valence-corrected chi connectivity index (χ3v) is 6.53. The Bertz CT molecular complexity index is 1560. The average Bonchev–Trinajstić information content (AvgIpc) is 3.42. The number of nitrogens with zero attached hydrogens (tertiary/aromatic N) is 4. The first-order valence-electron chi connectivity index (χ1n) is 11.2. The van der Waals surface area contributed by atoms with E-state index in [2.05, 4.69) is 26.2 Å². The molecular formula is C25H22ClN7O4S. The largest absolute Gasteiger partial charge is 0.340 e. The summed E-state index contributed by atoms with van der Waals surface area (Å²) in [5, 5.41) is 22.1. The number of nitrogens with one attached hydrogen (secondary N) is 2. The molecule has 0 saturated carbocycles. The SMILES string of the molecule is NS(=O)(=O)c1ccc(NC(=O)[C@H](Cc2ccccc2)NC(=O)/C=C/c2cc(Cl)ccc2-n2cnnn2)cc1. The summed E-state index contributed by atoms with van der Waals surface area (Å²) in [6.45, 7) is 0. The number of halogens is 1. The van der Waals surface area contributed by atoms with Crippen molar-refractivity contribution in [3.05, 3.63) is 101 Å². The Kier molecular flexibility index (Phi) is 8.26. The minimum absolute atomic E-state index is 0.0863. The molecule has 1 heterocycles. The van der Waals surface area contributed by atoms with Crippen LogP contribution in [0.2, 0.25) is 5.02 Å². The summed E-state index contributed by atoms with van der Waals surface area (Å²) in [5.74, 6) is -1.01. The molecule has 4 N–H and O–H groups in total. The van der Waals surface area contributed by atoms with Gasteiger partial charge in [0.1, 0.15) is 12.4 Å². The fourth-order valence-electron chi connectivity index (χ4n) is 3.54. The van der Waals surface area contributed by atoms with E-state index < -0.39 is 27.9 Å². The molecule has 0 fully saturated rings. The second-order valence-corrected chi connectivity index (χ2v) is 10.1. The van der Waals surface area contributed by atoms with Crippen LogP contribution < -0.4 is 15.8 Å². The van der Waals surface area contributed by atoms with Gasteiger partial charge < -0.3 is 10.6 Å². The van der Waals surface area contributed by atoms with Crippen LogP contribution >= 0.6 is 11.6 Å². The molecule has 0 bridgehead atoms. The van der Waals surface area contributed by atoms with Crippen molar-refractivity contribution in [1.29, 1.82) is 0 Å². The number of nitrogens with two attached hydrogens (primary N) is 1. The zero-order valence-electron chi connectivity index (χ0n) is 19.7. The maximum atomic E-state index is 13.1. The van der Waals surface area contributed by atoms with E-state index in [0.29, 0.717) is 22.0 Å². The van der Waals surface area contributed by atoms with Crippen LogP contribution in [0.1, 0.15) is 11.1 Å². The lowest BCUT2D eigenvalue weighted by atomic mass is 10.0. The van der Waals surface area contributed by atoms with Gasteiger partial charge in [0, 0.05) is 28.8 Å². The van der Waals surface area contributed by atoms with Crippen LogP contribution in [-0.4, -0.2) is 46.5 Å². The highest BCUT2D eigenvalue weighted by atomic mass is 35.5. The maximum absolute atomic E-state index is 13.1. The average molecular weight is 552 g/mol. The van der Waals surface area contributed by atoms with Gasteiger partial charge in [0.15, 0.2) is 0 Å². The van der Waals surface area contributed by atoms with Crippen molar-refractivity contribution in [2.24, 2.45) is 5.14 Å². The fourth-order valence-corrected chi connectivity index (χ4v) is 4.24. The van der Waals surface area contributed by atoms with E-state index >= 15 is 0 Å². The lowest BCUT2D eigenvalue weighted by molar-refractivity contribution is -0.123. The highest BCUT2D eigenvalue weighted by Gasteiger charge is 2.21. The number of hydrogen-bond donors (Lipinski definition) is 3. The molecule has 0 spiro atoms. The van der Waals surface area contributed by atoms with Gasteiger partial charge in [-0.3, -0.25) is 9.59 Å². The summed E-state index contributed by atoms with van der Waals surface area (Å²) < 4.78 is 24.4. The van der Waals surface area contributed by atoms with E-state index in [0.717, 1.165) is 5.56 Å². The van der Waals surface area contributed by atoms with Crippen molar-refractivity contribution >= 4 is 45.2 Å². The molecule has 38 heavy (non-hydrogen) atoms. The third-order valence-electron chi connectivity index (χ3n) is 5.37. The molecule has 2 amide bonds. The highest BCUT2D eigenvalue weighted by Crippen LogP contribution is 2.20. The molecule has 194 valence electrons. The molecule has 11 nitrogen and oxygen atoms in total. The summed E-state index contributed by atoms with van der Waals surface area (Å²) in [7, 11) is -3.87. The Hall–Kier alpha value is -4.39. The van der Waals surface area contributed by atoms with Crippen LogP contribution in [0.25, 0.3) is 11.8 Å².